The van der Waals surface area contributed by atoms with E-state index in [-0.39, 0.29) is 4.90 Å². The van der Waals surface area contributed by atoms with E-state index in [4.69, 9.17) is 15.9 Å². The van der Waals surface area contributed by atoms with E-state index < -0.39 is 15.8 Å². The van der Waals surface area contributed by atoms with E-state index in [0.717, 1.165) is 59.9 Å². The summed E-state index contributed by atoms with van der Waals surface area (Å²) in [6, 6.07) is 3.59. The summed E-state index contributed by atoms with van der Waals surface area (Å²) in [6.07, 6.45) is 4.80. The largest absolute Gasteiger partial charge is 0.382 e. The van der Waals surface area contributed by atoms with Gasteiger partial charge >= 0.3 is 0 Å². The fraction of sp³-hybridized carbons (Fsp3) is 0.455. The van der Waals surface area contributed by atoms with Crippen molar-refractivity contribution in [3.63, 3.8) is 0 Å². The molecule has 0 saturated carbocycles. The monoisotopic (exact) mass is 447 g/mol. The van der Waals surface area contributed by atoms with Crippen LogP contribution in [0.4, 0.5) is 10.2 Å². The smallest absolute Gasteiger partial charge is 0.238 e. The van der Waals surface area contributed by atoms with Gasteiger partial charge in [0.15, 0.2) is 5.82 Å². The van der Waals surface area contributed by atoms with Crippen LogP contribution in [0, 0.1) is 19.7 Å². The summed E-state index contributed by atoms with van der Waals surface area (Å²) >= 11 is 0. The highest BCUT2D eigenvalue weighted by atomic mass is 32.2. The van der Waals surface area contributed by atoms with Crippen LogP contribution in [0.2, 0.25) is 0 Å². The summed E-state index contributed by atoms with van der Waals surface area (Å²) in [4.78, 5) is 9.17. The van der Waals surface area contributed by atoms with Gasteiger partial charge in [0.1, 0.15) is 17.2 Å². The number of nitrogens with zero attached hydrogens (tertiary/aromatic N) is 3. The summed E-state index contributed by atoms with van der Waals surface area (Å²) < 4.78 is 39.5. The number of halogens is 1. The molecule has 3 rings (SSSR count). The first-order valence-electron chi connectivity index (χ1n) is 10.6. The molecule has 7 nitrogen and oxygen atoms in total. The Kier molecular flexibility index (Phi) is 6.96. The fourth-order valence-corrected chi connectivity index (χ4v) is 4.70. The van der Waals surface area contributed by atoms with E-state index in [9.17, 15) is 12.8 Å². The molecule has 0 unspecified atom stereocenters. The molecule has 0 saturated heterocycles. The number of primary sulfonamides is 1. The third-order valence-corrected chi connectivity index (χ3v) is 6.65. The Balaban J connectivity index is 1.84. The molecular weight excluding hydrogens is 417 g/mol. The van der Waals surface area contributed by atoms with Gasteiger partial charge in [0.05, 0.1) is 10.4 Å². The van der Waals surface area contributed by atoms with Crippen molar-refractivity contribution in [1.29, 1.82) is 0 Å². The van der Waals surface area contributed by atoms with Gasteiger partial charge in [0, 0.05) is 18.7 Å². The average molecular weight is 448 g/mol. The number of fused-ring (bicyclic) bond motifs is 1. The SMILES string of the molecule is CCCCc1nc2c(N)nc(C)c(C)c2n1CCCCc1cc(F)ccc1S(N)(=O)=O. The molecule has 0 radical (unpaired) electrons. The van der Waals surface area contributed by atoms with Crippen molar-refractivity contribution >= 4 is 26.9 Å². The molecule has 2 heterocycles. The number of aromatic nitrogens is 3. The number of anilines is 1. The molecule has 0 atom stereocenters. The second-order valence-electron chi connectivity index (χ2n) is 7.94. The topological polar surface area (TPSA) is 117 Å². The van der Waals surface area contributed by atoms with Crippen molar-refractivity contribution in [2.45, 2.75) is 70.7 Å². The van der Waals surface area contributed by atoms with Crippen molar-refractivity contribution in [2.24, 2.45) is 5.14 Å². The van der Waals surface area contributed by atoms with Crippen LogP contribution < -0.4 is 10.9 Å². The molecule has 0 aliphatic heterocycles. The van der Waals surface area contributed by atoms with Gasteiger partial charge in [-0.3, -0.25) is 0 Å². The lowest BCUT2D eigenvalue weighted by molar-refractivity contribution is 0.578. The normalized spacial score (nSPS) is 12.0. The fourth-order valence-electron chi connectivity index (χ4n) is 3.92. The highest BCUT2D eigenvalue weighted by molar-refractivity contribution is 7.89. The second-order valence-corrected chi connectivity index (χ2v) is 9.47. The first-order chi connectivity index (χ1) is 14.6. The van der Waals surface area contributed by atoms with Gasteiger partial charge in [0.2, 0.25) is 10.0 Å². The molecule has 4 N–H and O–H groups in total. The number of rotatable bonds is 9. The first-order valence-corrected chi connectivity index (χ1v) is 12.1. The second kappa shape index (κ2) is 9.32. The number of hydrogen-bond donors (Lipinski definition) is 2. The summed E-state index contributed by atoms with van der Waals surface area (Å²) in [5.74, 6) is 0.945. The van der Waals surface area contributed by atoms with E-state index in [1.54, 1.807) is 0 Å². The zero-order valence-electron chi connectivity index (χ0n) is 18.3. The molecule has 3 aromatic rings. The lowest BCUT2D eigenvalue weighted by Gasteiger charge is -2.12. The zero-order chi connectivity index (χ0) is 22.8. The minimum atomic E-state index is -3.89. The van der Waals surface area contributed by atoms with Crippen molar-refractivity contribution < 1.29 is 12.8 Å². The third kappa shape index (κ3) is 5.04. The van der Waals surface area contributed by atoms with Crippen LogP contribution in [-0.2, 0) is 29.4 Å². The Labute approximate surface area is 182 Å². The average Bonchev–Trinajstić information content (AvgIpc) is 3.06. The van der Waals surface area contributed by atoms with E-state index in [2.05, 4.69) is 16.5 Å². The van der Waals surface area contributed by atoms with Crippen LogP contribution in [-0.4, -0.2) is 23.0 Å². The molecule has 31 heavy (non-hydrogen) atoms. The van der Waals surface area contributed by atoms with Gasteiger partial charge in [0.25, 0.3) is 0 Å². The van der Waals surface area contributed by atoms with Crippen LogP contribution >= 0.6 is 0 Å². The summed E-state index contributed by atoms with van der Waals surface area (Å²) in [5.41, 5.74) is 10.2. The number of sulfonamides is 1. The Hall–Kier alpha value is -2.52. The number of hydrogen-bond acceptors (Lipinski definition) is 5. The van der Waals surface area contributed by atoms with Gasteiger partial charge in [-0.05, 0) is 68.9 Å². The number of unbranched alkanes of at least 4 members (excludes halogenated alkanes) is 2. The van der Waals surface area contributed by atoms with E-state index in [1.165, 1.54) is 12.1 Å². The molecule has 0 aliphatic rings. The third-order valence-electron chi connectivity index (χ3n) is 5.64. The Bertz CT molecular complexity index is 1200. The van der Waals surface area contributed by atoms with Crippen LogP contribution in [0.15, 0.2) is 23.1 Å². The van der Waals surface area contributed by atoms with Gasteiger partial charge in [-0.1, -0.05) is 13.3 Å². The summed E-state index contributed by atoms with van der Waals surface area (Å²) in [6.45, 7) is 6.81. The van der Waals surface area contributed by atoms with Crippen LogP contribution in [0.1, 0.15) is 55.3 Å². The maximum atomic E-state index is 13.7. The minimum absolute atomic E-state index is 0.0177. The van der Waals surface area contributed by atoms with Crippen molar-refractivity contribution in [1.82, 2.24) is 14.5 Å². The molecule has 0 bridgehead atoms. The lowest BCUT2D eigenvalue weighted by atomic mass is 10.1. The maximum absolute atomic E-state index is 13.7. The first kappa shape index (κ1) is 23.1. The number of nitrogen functional groups attached to an aromatic ring is 1. The standard InChI is InChI=1S/C22H30FN5O2S/c1-4-5-9-19-27-20-21(14(2)15(3)26-22(20)24)28(19)12-7-6-8-16-13-17(23)10-11-18(16)31(25,29)30/h10-11,13H,4-9,12H2,1-3H3,(H2,24,26)(H2,25,29,30). The van der Waals surface area contributed by atoms with Crippen molar-refractivity contribution in [3.05, 3.63) is 46.7 Å². The Morgan fingerprint density at radius 1 is 1.10 bits per heavy atom. The Morgan fingerprint density at radius 3 is 2.52 bits per heavy atom. The molecule has 0 amide bonds. The number of nitrogens with two attached hydrogens (primary N) is 2. The van der Waals surface area contributed by atoms with Gasteiger partial charge in [-0.25, -0.2) is 27.9 Å². The molecule has 1 aromatic carbocycles. The van der Waals surface area contributed by atoms with Crippen molar-refractivity contribution in [3.8, 4) is 0 Å². The summed E-state index contributed by atoms with van der Waals surface area (Å²) in [5, 5.41) is 5.28. The highest BCUT2D eigenvalue weighted by Gasteiger charge is 2.18. The predicted molar refractivity (Wildman–Crippen MR) is 121 cm³/mol. The molecule has 9 heteroatoms. The minimum Gasteiger partial charge on any atom is -0.382 e. The van der Waals surface area contributed by atoms with Gasteiger partial charge in [-0.15, -0.1) is 0 Å². The quantitative estimate of drug-likeness (QED) is 0.484. The predicted octanol–water partition coefficient (Wildman–Crippen LogP) is 3.78. The van der Waals surface area contributed by atoms with Crippen LogP contribution in [0.25, 0.3) is 11.0 Å². The highest BCUT2D eigenvalue weighted by Crippen LogP contribution is 2.27. The molecular formula is C22H30FN5O2S. The molecule has 0 fully saturated rings. The van der Waals surface area contributed by atoms with E-state index in [1.807, 2.05) is 13.8 Å². The number of imidazole rings is 1. The molecule has 0 aliphatic carbocycles. The number of benzene rings is 1. The molecule has 168 valence electrons. The Morgan fingerprint density at radius 2 is 1.84 bits per heavy atom. The lowest BCUT2D eigenvalue weighted by Crippen LogP contribution is -2.15. The number of pyridine rings is 1. The molecule has 2 aromatic heterocycles. The zero-order valence-corrected chi connectivity index (χ0v) is 19.1. The van der Waals surface area contributed by atoms with E-state index in [0.29, 0.717) is 30.8 Å². The maximum Gasteiger partial charge on any atom is 0.238 e. The number of aryl methyl sites for hydroxylation is 5. The van der Waals surface area contributed by atoms with Crippen LogP contribution in [0.3, 0.4) is 0 Å². The van der Waals surface area contributed by atoms with Crippen molar-refractivity contribution in [2.75, 3.05) is 5.73 Å². The molecule has 0 spiro atoms. The van der Waals surface area contributed by atoms with E-state index >= 15 is 0 Å². The van der Waals surface area contributed by atoms with Gasteiger partial charge in [-0.2, -0.15) is 0 Å². The summed E-state index contributed by atoms with van der Waals surface area (Å²) in [7, 11) is -3.89. The van der Waals surface area contributed by atoms with Crippen LogP contribution in [0.5, 0.6) is 0 Å². The van der Waals surface area contributed by atoms with Gasteiger partial charge < -0.3 is 10.3 Å².